The number of ether oxygens (including phenoxy) is 1. The Morgan fingerprint density at radius 3 is 2.72 bits per heavy atom. The van der Waals surface area contributed by atoms with Crippen molar-refractivity contribution in [1.82, 2.24) is 15.0 Å². The largest absolute Gasteiger partial charge is 0.491 e. The Morgan fingerprint density at radius 1 is 1.33 bits per heavy atom. The molecule has 18 heavy (non-hydrogen) atoms. The third kappa shape index (κ3) is 2.44. The summed E-state index contributed by atoms with van der Waals surface area (Å²) in [5.41, 5.74) is -0.517. The molecule has 2 aromatic heterocycles. The number of H-pyrrole nitrogens is 1. The molecular weight excluding hydrogens is 255 g/mol. The molecule has 0 bridgehead atoms. The molecule has 2 rings (SSSR count). The average molecular weight is 259 g/mol. The Morgan fingerprint density at radius 2 is 2.06 bits per heavy atom. The van der Waals surface area contributed by atoms with Crippen LogP contribution in [0.2, 0.25) is 0 Å². The van der Waals surface area contributed by atoms with Gasteiger partial charge in [0.1, 0.15) is 5.65 Å². The zero-order chi connectivity index (χ0) is 13.3. The molecule has 0 fully saturated rings. The van der Waals surface area contributed by atoms with E-state index in [1.165, 1.54) is 12.1 Å². The molecule has 2 heterocycles. The van der Waals surface area contributed by atoms with Crippen molar-refractivity contribution in [1.29, 1.82) is 0 Å². The SMILES string of the molecule is O=C(Oc1ncc2ccc(=O)[nH]c2n1)C(F)(F)F. The molecule has 0 saturated heterocycles. The van der Waals surface area contributed by atoms with E-state index in [0.717, 1.165) is 6.20 Å². The lowest BCUT2D eigenvalue weighted by molar-refractivity contribution is -0.190. The third-order valence-electron chi connectivity index (χ3n) is 1.87. The normalized spacial score (nSPS) is 11.5. The molecule has 0 radical (unpaired) electrons. The minimum absolute atomic E-state index is 0.0255. The summed E-state index contributed by atoms with van der Waals surface area (Å²) < 4.78 is 39.7. The summed E-state index contributed by atoms with van der Waals surface area (Å²) in [7, 11) is 0. The fourth-order valence-electron chi connectivity index (χ4n) is 1.11. The lowest BCUT2D eigenvalue weighted by atomic mass is 10.3. The number of hydrogen-bond acceptors (Lipinski definition) is 5. The van der Waals surface area contributed by atoms with Crippen LogP contribution >= 0.6 is 0 Å². The van der Waals surface area contributed by atoms with Crippen molar-refractivity contribution >= 4 is 17.0 Å². The molecule has 0 unspecified atom stereocenters. The van der Waals surface area contributed by atoms with Gasteiger partial charge in [-0.3, -0.25) is 4.79 Å². The zero-order valence-electron chi connectivity index (χ0n) is 8.49. The van der Waals surface area contributed by atoms with Crippen LogP contribution in [0.3, 0.4) is 0 Å². The predicted molar refractivity (Wildman–Crippen MR) is 51.8 cm³/mol. The van der Waals surface area contributed by atoms with Gasteiger partial charge in [-0.15, -0.1) is 0 Å². The molecule has 0 atom stereocenters. The Kier molecular flexibility index (Phi) is 2.73. The second-order valence-electron chi connectivity index (χ2n) is 3.17. The number of hydrogen-bond donors (Lipinski definition) is 1. The van der Waals surface area contributed by atoms with Crippen molar-refractivity contribution in [2.45, 2.75) is 6.18 Å². The van der Waals surface area contributed by atoms with Crippen LogP contribution < -0.4 is 10.3 Å². The number of aromatic amines is 1. The van der Waals surface area contributed by atoms with Crippen molar-refractivity contribution in [2.75, 3.05) is 0 Å². The van der Waals surface area contributed by atoms with E-state index in [-0.39, 0.29) is 5.65 Å². The number of pyridine rings is 1. The summed E-state index contributed by atoms with van der Waals surface area (Å²) in [6, 6.07) is 1.79. The summed E-state index contributed by atoms with van der Waals surface area (Å²) >= 11 is 0. The molecule has 0 aliphatic rings. The van der Waals surface area contributed by atoms with Gasteiger partial charge in [-0.05, 0) is 6.07 Å². The van der Waals surface area contributed by atoms with E-state index in [9.17, 15) is 22.8 Å². The molecule has 9 heteroatoms. The van der Waals surface area contributed by atoms with E-state index >= 15 is 0 Å². The summed E-state index contributed by atoms with van der Waals surface area (Å²) in [5, 5.41) is 0.390. The maximum atomic E-state index is 11.9. The van der Waals surface area contributed by atoms with E-state index in [1.54, 1.807) is 0 Å². The van der Waals surface area contributed by atoms with Crippen LogP contribution in [0.4, 0.5) is 13.2 Å². The number of nitrogens with one attached hydrogen (secondary N) is 1. The van der Waals surface area contributed by atoms with Crippen LogP contribution in [0.15, 0.2) is 23.1 Å². The molecule has 0 aromatic carbocycles. The van der Waals surface area contributed by atoms with Crippen molar-refractivity contribution in [3.8, 4) is 6.01 Å². The molecule has 1 N–H and O–H groups in total. The van der Waals surface area contributed by atoms with Gasteiger partial charge in [-0.2, -0.15) is 18.2 Å². The number of carbonyl (C=O) groups is 1. The Balaban J connectivity index is 2.36. The first-order valence-electron chi connectivity index (χ1n) is 4.51. The van der Waals surface area contributed by atoms with E-state index in [0.29, 0.717) is 5.39 Å². The molecule has 0 saturated carbocycles. The number of esters is 1. The highest BCUT2D eigenvalue weighted by molar-refractivity contribution is 5.78. The number of fused-ring (bicyclic) bond motifs is 1. The Hall–Kier alpha value is -2.45. The van der Waals surface area contributed by atoms with E-state index in [2.05, 4.69) is 19.7 Å². The van der Waals surface area contributed by atoms with Crippen molar-refractivity contribution < 1.29 is 22.7 Å². The topological polar surface area (TPSA) is 84.9 Å². The van der Waals surface area contributed by atoms with Gasteiger partial charge in [0.05, 0.1) is 0 Å². The minimum Gasteiger partial charge on any atom is -0.384 e. The quantitative estimate of drug-likeness (QED) is 0.765. The first-order chi connectivity index (χ1) is 8.36. The number of aromatic nitrogens is 3. The maximum Gasteiger partial charge on any atom is 0.491 e. The summed E-state index contributed by atoms with van der Waals surface area (Å²) in [4.78, 5) is 30.7. The molecule has 0 aliphatic carbocycles. The fraction of sp³-hybridized carbons (Fsp3) is 0.111. The van der Waals surface area contributed by atoms with Gasteiger partial charge in [0, 0.05) is 17.6 Å². The molecule has 6 nitrogen and oxygen atoms in total. The molecule has 2 aromatic rings. The summed E-state index contributed by atoms with van der Waals surface area (Å²) in [6.45, 7) is 0. The lowest BCUT2D eigenvalue weighted by Gasteiger charge is -2.05. The molecule has 0 amide bonds. The second kappa shape index (κ2) is 4.09. The van der Waals surface area contributed by atoms with Crippen LogP contribution in [-0.2, 0) is 4.79 Å². The van der Waals surface area contributed by atoms with E-state index in [1.807, 2.05) is 0 Å². The molecule has 94 valence electrons. The van der Waals surface area contributed by atoms with Crippen molar-refractivity contribution in [3.05, 3.63) is 28.7 Å². The maximum absolute atomic E-state index is 11.9. The number of alkyl halides is 3. The van der Waals surface area contributed by atoms with Crippen LogP contribution in [0, 0.1) is 0 Å². The van der Waals surface area contributed by atoms with Crippen LogP contribution in [-0.4, -0.2) is 27.1 Å². The average Bonchev–Trinajstić information content (AvgIpc) is 2.27. The van der Waals surface area contributed by atoms with Gasteiger partial charge in [0.15, 0.2) is 0 Å². The van der Waals surface area contributed by atoms with Gasteiger partial charge in [0.2, 0.25) is 5.56 Å². The van der Waals surface area contributed by atoms with Crippen molar-refractivity contribution in [2.24, 2.45) is 0 Å². The second-order valence-corrected chi connectivity index (χ2v) is 3.17. The third-order valence-corrected chi connectivity index (χ3v) is 1.87. The minimum atomic E-state index is -5.14. The van der Waals surface area contributed by atoms with Crippen molar-refractivity contribution in [3.63, 3.8) is 0 Å². The van der Waals surface area contributed by atoms with Crippen LogP contribution in [0.5, 0.6) is 6.01 Å². The standard InChI is InChI=1S/C9H4F3N3O3/c10-9(11,12)7(17)18-8-13-3-4-1-2-5(16)14-6(4)15-8/h1-3H,(H,13,14,15,16). The van der Waals surface area contributed by atoms with Gasteiger partial charge in [0.25, 0.3) is 0 Å². The van der Waals surface area contributed by atoms with Gasteiger partial charge in [-0.1, -0.05) is 0 Å². The summed E-state index contributed by atoms with van der Waals surface area (Å²) in [6.07, 6.45) is -4.01. The fourth-order valence-corrected chi connectivity index (χ4v) is 1.11. The highest BCUT2D eigenvalue weighted by Gasteiger charge is 2.42. The highest BCUT2D eigenvalue weighted by Crippen LogP contribution is 2.18. The summed E-state index contributed by atoms with van der Waals surface area (Å²) in [5.74, 6) is -2.43. The van der Waals surface area contributed by atoms with Gasteiger partial charge >= 0.3 is 18.2 Å². The zero-order valence-corrected chi connectivity index (χ0v) is 8.49. The van der Waals surface area contributed by atoms with Crippen LogP contribution in [0.1, 0.15) is 0 Å². The van der Waals surface area contributed by atoms with Crippen LogP contribution in [0.25, 0.3) is 11.0 Å². The highest BCUT2D eigenvalue weighted by atomic mass is 19.4. The van der Waals surface area contributed by atoms with E-state index < -0.39 is 23.7 Å². The number of halogens is 3. The van der Waals surface area contributed by atoms with Gasteiger partial charge in [-0.25, -0.2) is 9.78 Å². The number of nitrogens with zero attached hydrogens (tertiary/aromatic N) is 2. The molecule has 0 spiro atoms. The van der Waals surface area contributed by atoms with E-state index in [4.69, 9.17) is 0 Å². The first-order valence-corrected chi connectivity index (χ1v) is 4.51. The lowest BCUT2D eigenvalue weighted by Crippen LogP contribution is -2.28. The Bertz CT molecular complexity index is 665. The number of rotatable bonds is 1. The Labute approximate surface area is 96.4 Å². The first kappa shape index (κ1) is 12.0. The van der Waals surface area contributed by atoms with Gasteiger partial charge < -0.3 is 9.72 Å². The molecule has 0 aliphatic heterocycles. The molecular formula is C9H4F3N3O3. The number of carbonyl (C=O) groups excluding carboxylic acids is 1. The predicted octanol–water partition coefficient (Wildman–Crippen LogP) is 0.786. The monoisotopic (exact) mass is 259 g/mol. The smallest absolute Gasteiger partial charge is 0.384 e.